The van der Waals surface area contributed by atoms with E-state index in [-0.39, 0.29) is 17.7 Å². The number of hydrogen-bond acceptors (Lipinski definition) is 7. The molecule has 0 radical (unpaired) electrons. The van der Waals surface area contributed by atoms with Gasteiger partial charge in [0.05, 0.1) is 10.8 Å². The van der Waals surface area contributed by atoms with E-state index in [0.29, 0.717) is 9.47 Å². The van der Waals surface area contributed by atoms with Crippen molar-refractivity contribution >= 4 is 62.2 Å². The maximum Gasteiger partial charge on any atom is 0.326 e. The van der Waals surface area contributed by atoms with Crippen LogP contribution < -0.4 is 16.0 Å². The van der Waals surface area contributed by atoms with Crippen molar-refractivity contribution in [2.24, 2.45) is 0 Å². The van der Waals surface area contributed by atoms with E-state index in [2.05, 4.69) is 26.1 Å². The van der Waals surface area contributed by atoms with Crippen LogP contribution in [0, 0.1) is 6.92 Å². The number of benzene rings is 1. The maximum absolute atomic E-state index is 12.0. The Balaban J connectivity index is 1.46. The standard InChI is InChI=1S/C16H15N5O2S3/c1-10-5-2-3-6-11(10)17-12(22)9-25-16-21-20-15(26-16)19-14(23)18-13-7-4-8-24-13/h2-8H,9H2,1H3,(H,17,22)(H2,18,19,20,23). The molecule has 0 bridgehead atoms. The maximum atomic E-state index is 12.0. The summed E-state index contributed by atoms with van der Waals surface area (Å²) in [6, 6.07) is 10.9. The van der Waals surface area contributed by atoms with Gasteiger partial charge in [-0.15, -0.1) is 21.5 Å². The highest BCUT2D eigenvalue weighted by atomic mass is 32.2. The average molecular weight is 406 g/mol. The highest BCUT2D eigenvalue weighted by Gasteiger charge is 2.11. The first-order chi connectivity index (χ1) is 12.6. The first-order valence-electron chi connectivity index (χ1n) is 7.53. The molecule has 0 atom stereocenters. The highest BCUT2D eigenvalue weighted by Crippen LogP contribution is 2.26. The Labute approximate surface area is 162 Å². The Bertz CT molecular complexity index is 895. The van der Waals surface area contributed by atoms with Crippen LogP contribution in [-0.4, -0.2) is 27.9 Å². The van der Waals surface area contributed by atoms with E-state index >= 15 is 0 Å². The fraction of sp³-hybridized carbons (Fsp3) is 0.125. The van der Waals surface area contributed by atoms with Crippen molar-refractivity contribution in [2.75, 3.05) is 21.7 Å². The van der Waals surface area contributed by atoms with E-state index in [1.807, 2.05) is 42.6 Å². The van der Waals surface area contributed by atoms with Crippen LogP contribution in [-0.2, 0) is 4.79 Å². The van der Waals surface area contributed by atoms with Gasteiger partial charge >= 0.3 is 6.03 Å². The predicted molar refractivity (Wildman–Crippen MR) is 107 cm³/mol. The van der Waals surface area contributed by atoms with Crippen molar-refractivity contribution in [3.05, 3.63) is 47.3 Å². The number of carbonyl (C=O) groups is 2. The van der Waals surface area contributed by atoms with Gasteiger partial charge in [-0.2, -0.15) is 0 Å². The third-order valence-electron chi connectivity index (χ3n) is 3.13. The number of hydrogen-bond donors (Lipinski definition) is 3. The van der Waals surface area contributed by atoms with Crippen LogP contribution >= 0.6 is 34.4 Å². The molecule has 1 aromatic carbocycles. The molecule has 0 fully saturated rings. The van der Waals surface area contributed by atoms with Crippen LogP contribution in [0.25, 0.3) is 0 Å². The van der Waals surface area contributed by atoms with Gasteiger partial charge in [-0.25, -0.2) is 4.79 Å². The summed E-state index contributed by atoms with van der Waals surface area (Å²) < 4.78 is 0.608. The van der Waals surface area contributed by atoms with E-state index in [1.165, 1.54) is 34.4 Å². The Morgan fingerprint density at radius 1 is 1.08 bits per heavy atom. The van der Waals surface area contributed by atoms with Crippen LogP contribution in [0.15, 0.2) is 46.1 Å². The van der Waals surface area contributed by atoms with Gasteiger partial charge in [0.1, 0.15) is 0 Å². The van der Waals surface area contributed by atoms with Crippen LogP contribution in [0.3, 0.4) is 0 Å². The van der Waals surface area contributed by atoms with Crippen molar-refractivity contribution in [3.63, 3.8) is 0 Å². The highest BCUT2D eigenvalue weighted by molar-refractivity contribution is 8.01. The molecule has 3 amide bonds. The Kier molecular flexibility index (Phi) is 6.21. The number of thioether (sulfide) groups is 1. The first kappa shape index (κ1) is 18.4. The number of urea groups is 1. The van der Waals surface area contributed by atoms with Crippen molar-refractivity contribution in [2.45, 2.75) is 11.3 Å². The fourth-order valence-corrected chi connectivity index (χ4v) is 4.09. The summed E-state index contributed by atoms with van der Waals surface area (Å²) in [6.45, 7) is 1.94. The number of thiophene rings is 1. The zero-order valence-corrected chi connectivity index (χ0v) is 16.1. The lowest BCUT2D eigenvalue weighted by molar-refractivity contribution is -0.113. The van der Waals surface area contributed by atoms with Crippen LogP contribution in [0.4, 0.5) is 20.6 Å². The van der Waals surface area contributed by atoms with Gasteiger partial charge in [0, 0.05) is 5.69 Å². The number of para-hydroxylation sites is 1. The molecule has 2 aromatic heterocycles. The van der Waals surface area contributed by atoms with Gasteiger partial charge in [-0.3, -0.25) is 15.4 Å². The summed E-state index contributed by atoms with van der Waals surface area (Å²) in [5.41, 5.74) is 1.80. The van der Waals surface area contributed by atoms with Crippen LogP contribution in [0.2, 0.25) is 0 Å². The van der Waals surface area contributed by atoms with Crippen molar-refractivity contribution < 1.29 is 9.59 Å². The minimum atomic E-state index is -0.377. The molecule has 0 unspecified atom stereocenters. The lowest BCUT2D eigenvalue weighted by atomic mass is 10.2. The minimum absolute atomic E-state index is 0.121. The summed E-state index contributed by atoms with van der Waals surface area (Å²) in [6.07, 6.45) is 0. The molecule has 26 heavy (non-hydrogen) atoms. The summed E-state index contributed by atoms with van der Waals surface area (Å²) in [4.78, 5) is 23.9. The molecule has 3 rings (SSSR count). The topological polar surface area (TPSA) is 96.0 Å². The zero-order chi connectivity index (χ0) is 18.4. The molecular weight excluding hydrogens is 390 g/mol. The molecule has 134 valence electrons. The number of nitrogens with one attached hydrogen (secondary N) is 3. The molecule has 10 heteroatoms. The third-order valence-corrected chi connectivity index (χ3v) is 5.89. The molecular formula is C16H15N5O2S3. The lowest BCUT2D eigenvalue weighted by Crippen LogP contribution is -2.18. The monoisotopic (exact) mass is 405 g/mol. The van der Waals surface area contributed by atoms with E-state index in [9.17, 15) is 9.59 Å². The Morgan fingerprint density at radius 3 is 2.69 bits per heavy atom. The molecule has 0 saturated heterocycles. The predicted octanol–water partition coefficient (Wildman–Crippen LogP) is 4.28. The van der Waals surface area contributed by atoms with Crippen LogP contribution in [0.5, 0.6) is 0 Å². The number of aromatic nitrogens is 2. The number of rotatable bonds is 6. The van der Waals surface area contributed by atoms with E-state index in [1.54, 1.807) is 6.07 Å². The van der Waals surface area contributed by atoms with E-state index in [0.717, 1.165) is 16.3 Å². The Morgan fingerprint density at radius 2 is 1.92 bits per heavy atom. The summed E-state index contributed by atoms with van der Waals surface area (Å²) in [5, 5.41) is 19.1. The smallest absolute Gasteiger partial charge is 0.325 e. The van der Waals surface area contributed by atoms with Crippen molar-refractivity contribution in [3.8, 4) is 0 Å². The first-order valence-corrected chi connectivity index (χ1v) is 10.2. The number of aryl methyl sites for hydroxylation is 1. The number of nitrogens with zero attached hydrogens (tertiary/aromatic N) is 2. The second-order valence-electron chi connectivity index (χ2n) is 5.08. The average Bonchev–Trinajstić information content (AvgIpc) is 3.27. The largest absolute Gasteiger partial charge is 0.326 e. The second-order valence-corrected chi connectivity index (χ2v) is 8.23. The van der Waals surface area contributed by atoms with E-state index in [4.69, 9.17) is 0 Å². The lowest BCUT2D eigenvalue weighted by Gasteiger charge is -2.06. The molecule has 3 aromatic rings. The summed E-state index contributed by atoms with van der Waals surface area (Å²) in [7, 11) is 0. The normalized spacial score (nSPS) is 10.3. The molecule has 0 aliphatic carbocycles. The van der Waals surface area contributed by atoms with Gasteiger partial charge < -0.3 is 5.32 Å². The zero-order valence-electron chi connectivity index (χ0n) is 13.7. The second kappa shape index (κ2) is 8.79. The molecule has 0 aliphatic heterocycles. The third kappa shape index (κ3) is 5.28. The summed E-state index contributed by atoms with van der Waals surface area (Å²) >= 11 is 3.91. The van der Waals surface area contributed by atoms with Gasteiger partial charge in [-0.1, -0.05) is 41.3 Å². The fourth-order valence-electron chi connectivity index (χ4n) is 1.94. The van der Waals surface area contributed by atoms with Gasteiger partial charge in [-0.05, 0) is 36.1 Å². The molecule has 0 saturated carbocycles. The molecule has 7 nitrogen and oxygen atoms in total. The molecule has 0 aliphatic rings. The minimum Gasteiger partial charge on any atom is -0.325 e. The van der Waals surface area contributed by atoms with Gasteiger partial charge in [0.25, 0.3) is 0 Å². The SMILES string of the molecule is Cc1ccccc1NC(=O)CSc1nnc(NC(=O)Nc2cccs2)s1. The molecule has 0 spiro atoms. The Hall–Kier alpha value is -2.43. The number of carbonyl (C=O) groups excluding carboxylic acids is 2. The number of amides is 3. The van der Waals surface area contributed by atoms with Gasteiger partial charge in [0.15, 0.2) is 4.34 Å². The van der Waals surface area contributed by atoms with Crippen LogP contribution in [0.1, 0.15) is 5.56 Å². The molecule has 2 heterocycles. The summed E-state index contributed by atoms with van der Waals surface area (Å²) in [5.74, 6) is 0.0918. The number of anilines is 3. The van der Waals surface area contributed by atoms with E-state index < -0.39 is 0 Å². The quantitative estimate of drug-likeness (QED) is 0.420. The van der Waals surface area contributed by atoms with Gasteiger partial charge in [0.2, 0.25) is 11.0 Å². The molecule has 3 N–H and O–H groups in total. The van der Waals surface area contributed by atoms with Crippen molar-refractivity contribution in [1.82, 2.24) is 10.2 Å². The van der Waals surface area contributed by atoms with Crippen molar-refractivity contribution in [1.29, 1.82) is 0 Å².